The number of benzene rings is 20. The van der Waals surface area contributed by atoms with Gasteiger partial charge in [-0.05, 0) is 362 Å². The van der Waals surface area contributed by atoms with E-state index in [-0.39, 0.29) is 32.9 Å². The third-order valence-electron chi connectivity index (χ3n) is 27.9. The second-order valence-corrected chi connectivity index (χ2v) is 37.2. The molecule has 0 saturated carbocycles. The van der Waals surface area contributed by atoms with Crippen molar-refractivity contribution in [3.8, 4) is 134 Å². The van der Waals surface area contributed by atoms with Crippen LogP contribution in [0.2, 0.25) is 0 Å². The fourth-order valence-electron chi connectivity index (χ4n) is 20.6. The molecule has 44 rings (SSSR count). The van der Waals surface area contributed by atoms with Crippen LogP contribution in [0.5, 0.6) is 0 Å². The van der Waals surface area contributed by atoms with Gasteiger partial charge in [-0.1, -0.05) is 346 Å². The first-order chi connectivity index (χ1) is 72.5. The lowest BCUT2D eigenvalue weighted by Crippen LogP contribution is -2.03. The first-order valence-electron chi connectivity index (χ1n) is 49.2. The first kappa shape index (κ1) is 88.7. The van der Waals surface area contributed by atoms with Crippen LogP contribution in [0.25, 0.3) is 264 Å². The molecule has 0 radical (unpaired) electrons. The van der Waals surface area contributed by atoms with Crippen LogP contribution < -0.4 is 16.9 Å². The van der Waals surface area contributed by atoms with Crippen molar-refractivity contribution in [2.24, 2.45) is 0 Å². The van der Waals surface area contributed by atoms with Crippen molar-refractivity contribution >= 4 is 130 Å². The Morgan fingerprint density at radius 1 is 0.129 bits per heavy atom. The van der Waals surface area contributed by atoms with E-state index in [1.807, 2.05) is 18.2 Å². The van der Waals surface area contributed by atoms with Crippen LogP contribution in [-0.2, 0) is 0 Å². The van der Waals surface area contributed by atoms with Crippen LogP contribution in [0, 0.1) is 0 Å². The highest BCUT2D eigenvalue weighted by molar-refractivity contribution is 6.19. The second kappa shape index (κ2) is 38.7. The highest BCUT2D eigenvalue weighted by Gasteiger charge is 2.20. The van der Waals surface area contributed by atoms with Gasteiger partial charge in [-0.2, -0.15) is 0 Å². The molecule has 0 amide bonds. The van der Waals surface area contributed by atoms with Crippen molar-refractivity contribution in [3.63, 3.8) is 0 Å². The summed E-state index contributed by atoms with van der Waals surface area (Å²) in [5.74, 6) is 0. The molecular formula is C138H87N3O6. The first-order valence-corrected chi connectivity index (χ1v) is 49.2. The summed E-state index contributed by atoms with van der Waals surface area (Å²) >= 11 is 0. The zero-order valence-corrected chi connectivity index (χ0v) is 79.5. The Labute approximate surface area is 845 Å². The van der Waals surface area contributed by atoms with Gasteiger partial charge in [-0.25, -0.2) is 14.4 Å². The molecule has 0 aliphatic heterocycles. The molecule has 20 aromatic carbocycles. The van der Waals surface area contributed by atoms with Gasteiger partial charge in [0.05, 0.1) is 51.3 Å². The number of hydrogen-bond acceptors (Lipinski definition) is 9. The Morgan fingerprint density at radius 2 is 0.327 bits per heavy atom. The van der Waals surface area contributed by atoms with Crippen LogP contribution in [0.1, 0.15) is 0 Å². The third kappa shape index (κ3) is 18.1. The molecule has 24 heterocycles. The van der Waals surface area contributed by atoms with Gasteiger partial charge in [0.1, 0.15) is 16.7 Å². The van der Waals surface area contributed by atoms with Gasteiger partial charge in [-0.3, -0.25) is 15.0 Å². The minimum absolute atomic E-state index is 0.103. The van der Waals surface area contributed by atoms with E-state index in [0.717, 1.165) is 214 Å². The summed E-state index contributed by atoms with van der Waals surface area (Å²) in [6.07, 6.45) is 4.51. The van der Waals surface area contributed by atoms with Crippen LogP contribution in [0.4, 0.5) is 0 Å². The van der Waals surface area contributed by atoms with Crippen molar-refractivity contribution < 1.29 is 13.3 Å². The number of rotatable bonds is 12. The van der Waals surface area contributed by atoms with Gasteiger partial charge in [-0.15, -0.1) is 0 Å². The second-order valence-electron chi connectivity index (χ2n) is 37.2. The van der Waals surface area contributed by atoms with Gasteiger partial charge in [0.2, 0.25) is 0 Å². The minimum Gasteiger partial charge on any atom is -0.421 e. The molecule has 44 aromatic rings. The van der Waals surface area contributed by atoms with Crippen LogP contribution >= 0.6 is 0 Å². The molecule has 9 nitrogen and oxygen atoms in total. The molecule has 0 aliphatic rings. The number of pyridine rings is 3. The zero-order chi connectivity index (χ0) is 98.2. The standard InChI is InChI=1S/C138H87N3O6/c142-136-115-79-116-81-117(80-115)138(144)147-120-57-63-135(141-87-120)102-54-60-129(132(84-102)99-45-27-42-96(66-99)111-74-107(92-36-15-5-16-37-92)69-108(75-111)93-38-17-6-18-39-93)126-51-24-21-48-123(126)114-77-112(121-46-19-22-49-124(121)127-58-52-100(133-61-55-118(145-136)85-139-133)82-130(127)97-43-25-40-94(64-97)109-70-103(88-28-7-1-8-29-88)67-104(71-109)89-30-9-2-10-31-89)76-113(78-114)122-47-20-23-50-125(122)128-59-53-101(134-62-56-119(86-140-134)146-137(116)143)83-131(128)98-44-26-41-95(65-98)110-72-105(90-32-11-3-12-33-90)68-106(73-110)91-34-13-4-14-35-91/h1-87H. The summed E-state index contributed by atoms with van der Waals surface area (Å²) in [5.41, 5.74) is 24.4. The van der Waals surface area contributed by atoms with Crippen LogP contribution in [-0.4, -0.2) is 15.0 Å². The lowest BCUT2D eigenvalue weighted by Gasteiger charge is -2.14. The normalized spacial score (nSPS) is 11.3. The van der Waals surface area contributed by atoms with Crippen molar-refractivity contribution in [1.29, 1.82) is 0 Å². The van der Waals surface area contributed by atoms with E-state index >= 15 is 14.4 Å². The summed E-state index contributed by atoms with van der Waals surface area (Å²) in [7, 11) is 0. The predicted octanol–water partition coefficient (Wildman–Crippen LogP) is 35.6. The smallest absolute Gasteiger partial charge is 0.343 e. The van der Waals surface area contributed by atoms with Gasteiger partial charge >= 0.3 is 16.9 Å². The van der Waals surface area contributed by atoms with Crippen molar-refractivity contribution in [2.45, 2.75) is 0 Å². The molecule has 24 aromatic heterocycles. The number of nitrogens with zero attached hydrogens (tertiary/aromatic N) is 3. The molecule has 147 heavy (non-hydrogen) atoms. The van der Waals surface area contributed by atoms with Crippen LogP contribution in [0.15, 0.2) is 556 Å². The van der Waals surface area contributed by atoms with E-state index in [0.29, 0.717) is 16.6 Å². The summed E-state index contributed by atoms with van der Waals surface area (Å²) in [6.45, 7) is 0. The Kier molecular flexibility index (Phi) is 23.3. The third-order valence-corrected chi connectivity index (χ3v) is 27.9. The quantitative estimate of drug-likeness (QED) is 0.117. The Balaban J connectivity index is 0.824. The summed E-state index contributed by atoms with van der Waals surface area (Å²) in [5, 5.41) is 13.5. The highest BCUT2D eigenvalue weighted by Crippen LogP contribution is 2.45. The molecule has 0 N–H and O–H groups in total. The summed E-state index contributed by atoms with van der Waals surface area (Å²) in [4.78, 5) is 60.4. The monoisotopic (exact) mass is 1880 g/mol. The van der Waals surface area contributed by atoms with Crippen LogP contribution in [0.3, 0.4) is 0 Å². The van der Waals surface area contributed by atoms with Gasteiger partial charge in [0, 0.05) is 16.2 Å². The Bertz CT molecular complexity index is 9010. The molecule has 0 saturated heterocycles. The average molecular weight is 1880 g/mol. The van der Waals surface area contributed by atoms with E-state index in [9.17, 15) is 0 Å². The van der Waals surface area contributed by atoms with E-state index in [4.69, 9.17) is 28.2 Å². The van der Waals surface area contributed by atoms with E-state index in [1.165, 1.54) is 36.8 Å². The molecule has 0 spiro atoms. The lowest BCUT2D eigenvalue weighted by atomic mass is 9.90. The van der Waals surface area contributed by atoms with Gasteiger partial charge in [0.25, 0.3) is 0 Å². The molecule has 18 bridgehead atoms. The van der Waals surface area contributed by atoms with E-state index in [1.54, 1.807) is 18.2 Å². The maximum absolute atomic E-state index is 15.1. The summed E-state index contributed by atoms with van der Waals surface area (Å²) < 4.78 is 18.7. The van der Waals surface area contributed by atoms with Crippen molar-refractivity contribution in [3.05, 3.63) is 559 Å². The van der Waals surface area contributed by atoms with Crippen molar-refractivity contribution in [2.75, 3.05) is 0 Å². The predicted molar refractivity (Wildman–Crippen MR) is 610 cm³/mol. The minimum atomic E-state index is -0.886. The van der Waals surface area contributed by atoms with Gasteiger partial charge in [0.15, 0.2) is 0 Å². The average Bonchev–Trinajstić information content (AvgIpc) is 0.749. The molecule has 0 unspecified atom stereocenters. The lowest BCUT2D eigenvalue weighted by molar-refractivity contribution is 0.563. The largest absolute Gasteiger partial charge is 0.421 e. The maximum atomic E-state index is 15.1. The van der Waals surface area contributed by atoms with E-state index in [2.05, 4.69) is 455 Å². The zero-order valence-electron chi connectivity index (χ0n) is 79.5. The number of hydrogen-bond donors (Lipinski definition) is 0. The maximum Gasteiger partial charge on any atom is 0.343 e. The highest BCUT2D eigenvalue weighted by atomic mass is 16.4. The Hall–Kier alpha value is -19.7. The number of aromatic nitrogens is 3. The molecule has 0 atom stereocenters. The van der Waals surface area contributed by atoms with E-state index < -0.39 is 16.9 Å². The molecule has 0 aliphatic carbocycles. The molecule has 690 valence electrons. The fraction of sp³-hybridized carbons (Fsp3) is 0. The topological polar surface area (TPSA) is 129 Å². The molecule has 0 fully saturated rings. The van der Waals surface area contributed by atoms with Gasteiger partial charge < -0.3 is 13.3 Å². The summed E-state index contributed by atoms with van der Waals surface area (Å²) in [6, 6.07) is 178. The molecular weight excluding hydrogens is 1800 g/mol. The van der Waals surface area contributed by atoms with Crippen molar-refractivity contribution in [1.82, 2.24) is 15.0 Å². The SMILES string of the molecule is O=c1oc2ccc(nc2)c2ccc(c(-c3cccc(-c4cc(-c5ccccc5)cc(-c5ccccc5)c4)c3)c2)c2ccccc2c2cc3cc(c2)c2ccccc2c2ccc(cc2-c2cccc(-c4cc(-c5ccccc5)cc(-c5ccccc5)c4)c2)c2ccc(cn2)oc(=O)c2cc1cc(c2)c(=O)oc1ccc(nc1)c1ccc(c(-c2cccc(-c4cc(-c5ccccc5)cc(-c5ccccc5)c4)c2)c1)c1ccccc31. The Morgan fingerprint density at radius 3 is 0.558 bits per heavy atom. The fourth-order valence-corrected chi connectivity index (χ4v) is 20.6. The molecule has 9 heteroatoms.